The second-order valence-electron chi connectivity index (χ2n) is 5.78. The summed E-state index contributed by atoms with van der Waals surface area (Å²) in [5.74, 6) is -0.632. The molecule has 0 aliphatic rings. The van der Waals surface area contributed by atoms with Crippen molar-refractivity contribution >= 4 is 29.0 Å². The van der Waals surface area contributed by atoms with Crippen molar-refractivity contribution in [1.29, 1.82) is 0 Å². The number of nitrogens with one attached hydrogen (secondary N) is 1. The molecule has 2 amide bonds. The summed E-state index contributed by atoms with van der Waals surface area (Å²) < 4.78 is 0. The van der Waals surface area contributed by atoms with E-state index in [9.17, 15) is 9.59 Å². The molecule has 0 spiro atoms. The fourth-order valence-corrected chi connectivity index (χ4v) is 2.57. The Morgan fingerprint density at radius 3 is 2.15 bits per heavy atom. The molecule has 0 fully saturated rings. The lowest BCUT2D eigenvalue weighted by atomic mass is 10.1. The van der Waals surface area contributed by atoms with Gasteiger partial charge >= 0.3 is 0 Å². The van der Waals surface area contributed by atoms with Gasteiger partial charge in [0.05, 0.1) is 11.3 Å². The van der Waals surface area contributed by atoms with Gasteiger partial charge in [-0.1, -0.05) is 42.5 Å². The number of benzene rings is 3. The zero-order valence-corrected chi connectivity index (χ0v) is 14.4. The van der Waals surface area contributed by atoms with E-state index in [1.807, 2.05) is 6.07 Å². The molecule has 0 radical (unpaired) electrons. The Hall–Kier alpha value is -3.93. The van der Waals surface area contributed by atoms with Crippen molar-refractivity contribution in [3.05, 3.63) is 95.6 Å². The van der Waals surface area contributed by atoms with Gasteiger partial charge in [-0.15, -0.1) is 0 Å². The average Bonchev–Trinajstić information content (AvgIpc) is 2.69. The second-order valence-corrected chi connectivity index (χ2v) is 5.78. The minimum absolute atomic E-state index is 0.163. The predicted octanol–water partition coefficient (Wildman–Crippen LogP) is 3.07. The SMILES string of the molecule is NC(=O)c1ccccc1C(N)=Nc1cccc(NC(=O)c2ccccc2)c1. The van der Waals surface area contributed by atoms with Crippen LogP contribution in [-0.4, -0.2) is 17.6 Å². The van der Waals surface area contributed by atoms with Gasteiger partial charge in [-0.25, -0.2) is 4.99 Å². The topological polar surface area (TPSA) is 111 Å². The maximum Gasteiger partial charge on any atom is 0.255 e. The van der Waals surface area contributed by atoms with Gasteiger partial charge in [-0.3, -0.25) is 9.59 Å². The number of anilines is 1. The van der Waals surface area contributed by atoms with Crippen LogP contribution < -0.4 is 16.8 Å². The van der Waals surface area contributed by atoms with Gasteiger partial charge in [0, 0.05) is 16.8 Å². The van der Waals surface area contributed by atoms with Crippen LogP contribution in [0.1, 0.15) is 26.3 Å². The summed E-state index contributed by atoms with van der Waals surface area (Å²) >= 11 is 0. The molecule has 3 aromatic rings. The standard InChI is InChI=1S/C21H18N4O2/c22-19(17-11-4-5-12-18(17)20(23)26)24-15-9-6-10-16(13-15)25-21(27)14-7-2-1-3-8-14/h1-13H,(H2,22,24)(H2,23,26)(H,25,27). The third-order valence-corrected chi connectivity index (χ3v) is 3.86. The lowest BCUT2D eigenvalue weighted by Crippen LogP contribution is -2.21. The Morgan fingerprint density at radius 2 is 1.44 bits per heavy atom. The second kappa shape index (κ2) is 7.97. The predicted molar refractivity (Wildman–Crippen MR) is 106 cm³/mol. The Kier molecular flexibility index (Phi) is 5.28. The highest BCUT2D eigenvalue weighted by molar-refractivity contribution is 6.09. The number of carbonyl (C=O) groups excluding carboxylic acids is 2. The maximum atomic E-state index is 12.3. The number of hydrogen-bond acceptors (Lipinski definition) is 3. The van der Waals surface area contributed by atoms with Crippen LogP contribution >= 0.6 is 0 Å². The molecule has 5 N–H and O–H groups in total. The van der Waals surface area contributed by atoms with Crippen molar-refractivity contribution in [3.8, 4) is 0 Å². The highest BCUT2D eigenvalue weighted by Gasteiger charge is 2.11. The van der Waals surface area contributed by atoms with E-state index < -0.39 is 5.91 Å². The summed E-state index contributed by atoms with van der Waals surface area (Å²) in [7, 11) is 0. The zero-order valence-electron chi connectivity index (χ0n) is 14.4. The van der Waals surface area contributed by atoms with Crippen LogP contribution in [0.15, 0.2) is 83.9 Å². The van der Waals surface area contributed by atoms with Crippen molar-refractivity contribution in [2.24, 2.45) is 16.5 Å². The average molecular weight is 358 g/mol. The first-order chi connectivity index (χ1) is 13.0. The smallest absolute Gasteiger partial charge is 0.255 e. The minimum Gasteiger partial charge on any atom is -0.383 e. The molecule has 27 heavy (non-hydrogen) atoms. The van der Waals surface area contributed by atoms with E-state index in [1.54, 1.807) is 72.8 Å². The number of aliphatic imine (C=N–C) groups is 1. The van der Waals surface area contributed by atoms with E-state index in [0.717, 1.165) is 0 Å². The van der Waals surface area contributed by atoms with E-state index in [1.165, 1.54) is 0 Å². The van der Waals surface area contributed by atoms with Crippen molar-refractivity contribution in [2.75, 3.05) is 5.32 Å². The molecular weight excluding hydrogens is 340 g/mol. The van der Waals surface area contributed by atoms with E-state index in [0.29, 0.717) is 28.1 Å². The number of hydrogen-bond donors (Lipinski definition) is 3. The molecule has 0 saturated carbocycles. The largest absolute Gasteiger partial charge is 0.383 e. The first-order valence-electron chi connectivity index (χ1n) is 8.24. The minimum atomic E-state index is -0.576. The molecule has 0 saturated heterocycles. The fraction of sp³-hybridized carbons (Fsp3) is 0. The number of amidine groups is 1. The van der Waals surface area contributed by atoms with Gasteiger partial charge in [0.2, 0.25) is 5.91 Å². The molecule has 6 heteroatoms. The van der Waals surface area contributed by atoms with Gasteiger partial charge in [0.15, 0.2) is 0 Å². The molecule has 134 valence electrons. The Balaban J connectivity index is 1.85. The normalized spacial score (nSPS) is 11.0. The van der Waals surface area contributed by atoms with Gasteiger partial charge in [-0.05, 0) is 36.4 Å². The number of rotatable bonds is 5. The van der Waals surface area contributed by atoms with Crippen LogP contribution in [0.3, 0.4) is 0 Å². The van der Waals surface area contributed by atoms with Crippen LogP contribution in [0.2, 0.25) is 0 Å². The number of carbonyl (C=O) groups is 2. The fourth-order valence-electron chi connectivity index (χ4n) is 2.57. The van der Waals surface area contributed by atoms with E-state index in [4.69, 9.17) is 11.5 Å². The molecule has 0 unspecified atom stereocenters. The monoisotopic (exact) mass is 358 g/mol. The molecule has 0 atom stereocenters. The quantitative estimate of drug-likeness (QED) is 0.481. The van der Waals surface area contributed by atoms with Gasteiger partial charge < -0.3 is 16.8 Å². The molecule has 0 bridgehead atoms. The zero-order chi connectivity index (χ0) is 19.2. The molecule has 3 aromatic carbocycles. The third-order valence-electron chi connectivity index (χ3n) is 3.86. The third kappa shape index (κ3) is 4.38. The Morgan fingerprint density at radius 1 is 0.778 bits per heavy atom. The molecule has 0 aliphatic carbocycles. The summed E-state index contributed by atoms with van der Waals surface area (Å²) in [4.78, 5) is 28.2. The van der Waals surface area contributed by atoms with Crippen molar-refractivity contribution in [2.45, 2.75) is 0 Å². The maximum absolute atomic E-state index is 12.3. The summed E-state index contributed by atoms with van der Waals surface area (Å²) in [6, 6.07) is 22.6. The molecule has 0 heterocycles. The van der Waals surface area contributed by atoms with Gasteiger partial charge in [-0.2, -0.15) is 0 Å². The van der Waals surface area contributed by atoms with Gasteiger partial charge in [0.1, 0.15) is 5.84 Å². The van der Waals surface area contributed by atoms with E-state index >= 15 is 0 Å². The summed E-state index contributed by atoms with van der Waals surface area (Å²) in [5.41, 5.74) is 13.9. The first kappa shape index (κ1) is 17.9. The number of nitrogens with zero attached hydrogens (tertiary/aromatic N) is 1. The van der Waals surface area contributed by atoms with Crippen molar-refractivity contribution < 1.29 is 9.59 Å². The highest BCUT2D eigenvalue weighted by Crippen LogP contribution is 2.20. The van der Waals surface area contributed by atoms with Crippen LogP contribution in [0.4, 0.5) is 11.4 Å². The molecular formula is C21H18N4O2. The number of nitrogens with two attached hydrogens (primary N) is 2. The lowest BCUT2D eigenvalue weighted by molar-refractivity contribution is 0.0997. The highest BCUT2D eigenvalue weighted by atomic mass is 16.2. The van der Waals surface area contributed by atoms with Crippen LogP contribution in [0, 0.1) is 0 Å². The van der Waals surface area contributed by atoms with Gasteiger partial charge in [0.25, 0.3) is 5.91 Å². The Labute approximate surface area is 156 Å². The first-order valence-corrected chi connectivity index (χ1v) is 8.24. The summed E-state index contributed by atoms with van der Waals surface area (Å²) in [5, 5.41) is 2.82. The van der Waals surface area contributed by atoms with Crippen LogP contribution in [-0.2, 0) is 0 Å². The Bertz CT molecular complexity index is 1010. The molecule has 0 aliphatic heterocycles. The van der Waals surface area contributed by atoms with Crippen molar-refractivity contribution in [3.63, 3.8) is 0 Å². The summed E-state index contributed by atoms with van der Waals surface area (Å²) in [6.07, 6.45) is 0. The lowest BCUT2D eigenvalue weighted by Gasteiger charge is -2.08. The molecule has 3 rings (SSSR count). The number of primary amides is 1. The molecule has 6 nitrogen and oxygen atoms in total. The summed E-state index contributed by atoms with van der Waals surface area (Å²) in [6.45, 7) is 0. The van der Waals surface area contributed by atoms with E-state index in [2.05, 4.69) is 10.3 Å². The van der Waals surface area contributed by atoms with Crippen molar-refractivity contribution in [1.82, 2.24) is 0 Å². The van der Waals surface area contributed by atoms with Crippen LogP contribution in [0.25, 0.3) is 0 Å². The molecule has 0 aromatic heterocycles. The van der Waals surface area contributed by atoms with Crippen LogP contribution in [0.5, 0.6) is 0 Å². The van der Waals surface area contributed by atoms with E-state index in [-0.39, 0.29) is 11.7 Å². The number of amides is 2.